The summed E-state index contributed by atoms with van der Waals surface area (Å²) >= 11 is 0. The lowest BCUT2D eigenvalue weighted by Crippen LogP contribution is -2.55. The Bertz CT molecular complexity index is 726. The molecule has 0 unspecified atom stereocenters. The Morgan fingerprint density at radius 3 is 2.61 bits per heavy atom. The zero-order chi connectivity index (χ0) is 23.4. The second-order valence-electron chi connectivity index (χ2n) is 10.0. The van der Waals surface area contributed by atoms with E-state index in [1.54, 1.807) is 0 Å². The molecule has 2 rings (SSSR count). The van der Waals surface area contributed by atoms with Crippen molar-refractivity contribution in [2.24, 2.45) is 22.7 Å². The number of ether oxygens (including phenoxy) is 2. The van der Waals surface area contributed by atoms with Crippen LogP contribution < -0.4 is 0 Å². The van der Waals surface area contributed by atoms with Crippen LogP contribution in [-0.4, -0.2) is 47.6 Å². The van der Waals surface area contributed by atoms with E-state index in [2.05, 4.69) is 33.8 Å². The second-order valence-corrected chi connectivity index (χ2v) is 10.0. The molecule has 0 saturated heterocycles. The third-order valence-electron chi connectivity index (χ3n) is 8.00. The number of esters is 2. The molecule has 0 aromatic heterocycles. The molecule has 176 valence electrons. The van der Waals surface area contributed by atoms with Gasteiger partial charge in [0.15, 0.2) is 6.10 Å². The van der Waals surface area contributed by atoms with Crippen LogP contribution in [0.5, 0.6) is 0 Å². The highest BCUT2D eigenvalue weighted by Gasteiger charge is 2.55. The normalized spacial score (nSPS) is 34.4. The average Bonchev–Trinajstić information content (AvgIpc) is 2.69. The lowest BCUT2D eigenvalue weighted by molar-refractivity contribution is -0.156. The topological polar surface area (TPSA) is 93.1 Å². The number of hydrogen-bond donors (Lipinski definition) is 2. The first-order valence-corrected chi connectivity index (χ1v) is 11.4. The molecule has 6 nitrogen and oxygen atoms in total. The summed E-state index contributed by atoms with van der Waals surface area (Å²) in [6, 6.07) is 0. The van der Waals surface area contributed by atoms with Gasteiger partial charge in [-0.05, 0) is 68.6 Å². The monoisotopic (exact) mass is 436 g/mol. The minimum Gasteiger partial charge on any atom is -0.462 e. The van der Waals surface area contributed by atoms with Crippen molar-refractivity contribution in [1.29, 1.82) is 0 Å². The van der Waals surface area contributed by atoms with Gasteiger partial charge in [0.2, 0.25) is 0 Å². The van der Waals surface area contributed by atoms with E-state index in [0.29, 0.717) is 5.92 Å². The van der Waals surface area contributed by atoms with Crippen molar-refractivity contribution in [2.75, 3.05) is 13.2 Å². The number of rotatable bonds is 8. The maximum absolute atomic E-state index is 12.2. The van der Waals surface area contributed by atoms with Crippen molar-refractivity contribution in [3.63, 3.8) is 0 Å². The molecule has 2 aliphatic rings. The highest BCUT2D eigenvalue weighted by molar-refractivity contribution is 5.82. The number of carbonyl (C=O) groups excluding carboxylic acids is 2. The molecule has 0 aromatic rings. The summed E-state index contributed by atoms with van der Waals surface area (Å²) in [6.07, 6.45) is 7.19. The lowest BCUT2D eigenvalue weighted by atomic mass is 9.46. The van der Waals surface area contributed by atoms with Crippen LogP contribution in [0.2, 0.25) is 0 Å². The highest BCUT2D eigenvalue weighted by Crippen LogP contribution is 2.61. The highest BCUT2D eigenvalue weighted by atomic mass is 16.6. The average molecular weight is 437 g/mol. The number of aliphatic hydroxyl groups is 2. The Morgan fingerprint density at radius 2 is 2.00 bits per heavy atom. The van der Waals surface area contributed by atoms with Gasteiger partial charge in [-0.25, -0.2) is 4.79 Å². The summed E-state index contributed by atoms with van der Waals surface area (Å²) in [5.74, 6) is -0.366. The van der Waals surface area contributed by atoms with Gasteiger partial charge in [-0.1, -0.05) is 38.0 Å². The fourth-order valence-electron chi connectivity index (χ4n) is 5.70. The molecule has 0 bridgehead atoms. The van der Waals surface area contributed by atoms with Gasteiger partial charge in [0.05, 0.1) is 12.7 Å². The van der Waals surface area contributed by atoms with Gasteiger partial charge >= 0.3 is 11.9 Å². The first-order chi connectivity index (χ1) is 14.4. The summed E-state index contributed by atoms with van der Waals surface area (Å²) in [7, 11) is 0. The van der Waals surface area contributed by atoms with Crippen molar-refractivity contribution in [2.45, 2.75) is 85.9 Å². The molecular weight excluding hydrogens is 396 g/mol. The Kier molecular flexibility index (Phi) is 8.51. The van der Waals surface area contributed by atoms with Crippen LogP contribution in [0.25, 0.3) is 0 Å². The van der Waals surface area contributed by atoms with E-state index in [9.17, 15) is 19.8 Å². The van der Waals surface area contributed by atoms with Gasteiger partial charge in [0, 0.05) is 13.0 Å². The van der Waals surface area contributed by atoms with E-state index in [0.717, 1.165) is 37.7 Å². The molecule has 6 atom stereocenters. The van der Waals surface area contributed by atoms with Crippen LogP contribution in [0.3, 0.4) is 0 Å². The van der Waals surface area contributed by atoms with Gasteiger partial charge in [0.25, 0.3) is 0 Å². The van der Waals surface area contributed by atoms with Gasteiger partial charge in [0.1, 0.15) is 6.61 Å². The SMILES string of the molecule is CC(=O)OC[C@H](CO)OC(=O)/C=C(\C)CC[C@]1(C)[C@@H](C)[C@@H](O)C[C@]2(C)C(C)=CCC[C@@H]12. The molecule has 0 radical (unpaired) electrons. The summed E-state index contributed by atoms with van der Waals surface area (Å²) in [6.45, 7) is 11.5. The molecule has 1 fully saturated rings. The van der Waals surface area contributed by atoms with E-state index in [1.165, 1.54) is 18.6 Å². The van der Waals surface area contributed by atoms with Crippen LogP contribution in [0, 0.1) is 22.7 Å². The van der Waals surface area contributed by atoms with E-state index in [-0.39, 0.29) is 29.5 Å². The molecule has 1 saturated carbocycles. The van der Waals surface area contributed by atoms with Crippen LogP contribution in [0.15, 0.2) is 23.3 Å². The summed E-state index contributed by atoms with van der Waals surface area (Å²) < 4.78 is 10.0. The van der Waals surface area contributed by atoms with Gasteiger partial charge in [-0.2, -0.15) is 0 Å². The van der Waals surface area contributed by atoms with E-state index < -0.39 is 24.6 Å². The van der Waals surface area contributed by atoms with Gasteiger partial charge in [-0.15, -0.1) is 0 Å². The number of aliphatic hydroxyl groups excluding tert-OH is 2. The van der Waals surface area contributed by atoms with Gasteiger partial charge < -0.3 is 19.7 Å². The molecule has 2 aliphatic carbocycles. The van der Waals surface area contributed by atoms with Crippen molar-refractivity contribution in [3.8, 4) is 0 Å². The minimum atomic E-state index is -0.871. The third kappa shape index (κ3) is 5.78. The van der Waals surface area contributed by atoms with Crippen molar-refractivity contribution in [1.82, 2.24) is 0 Å². The quantitative estimate of drug-likeness (QED) is 0.340. The van der Waals surface area contributed by atoms with Crippen LogP contribution in [0.4, 0.5) is 0 Å². The van der Waals surface area contributed by atoms with Gasteiger partial charge in [-0.3, -0.25) is 4.79 Å². The van der Waals surface area contributed by atoms with E-state index in [4.69, 9.17) is 9.47 Å². The standard InChI is InChI=1S/C25H40O6/c1-16(12-23(29)31-20(14-26)15-30-19(4)27)10-11-24(5)18(3)21(28)13-25(6)17(2)8-7-9-22(24)25/h8,12,18,20-22,26,28H,7,9-11,13-15H2,1-6H3/b16-12+/t18-,20-,21-,22-,24+,25+/m0/s1. The molecule has 0 aromatic carbocycles. The zero-order valence-electron chi connectivity index (χ0n) is 19.9. The maximum atomic E-state index is 12.2. The first-order valence-electron chi connectivity index (χ1n) is 11.4. The fourth-order valence-corrected chi connectivity index (χ4v) is 5.70. The Labute approximate surface area is 186 Å². The molecule has 0 amide bonds. The maximum Gasteiger partial charge on any atom is 0.331 e. The zero-order valence-corrected chi connectivity index (χ0v) is 19.9. The van der Waals surface area contributed by atoms with Crippen LogP contribution in [-0.2, 0) is 19.1 Å². The van der Waals surface area contributed by atoms with E-state index in [1.807, 2.05) is 6.92 Å². The largest absolute Gasteiger partial charge is 0.462 e. The summed E-state index contributed by atoms with van der Waals surface area (Å²) in [5.41, 5.74) is 2.26. The first kappa shape index (κ1) is 25.6. The third-order valence-corrected chi connectivity index (χ3v) is 8.00. The Hall–Kier alpha value is -1.66. The predicted molar refractivity (Wildman–Crippen MR) is 119 cm³/mol. The molecule has 31 heavy (non-hydrogen) atoms. The van der Waals surface area contributed by atoms with Crippen LogP contribution in [0.1, 0.15) is 73.6 Å². The van der Waals surface area contributed by atoms with Crippen molar-refractivity contribution in [3.05, 3.63) is 23.3 Å². The number of fused-ring (bicyclic) bond motifs is 1. The minimum absolute atomic E-state index is 0.0144. The second kappa shape index (κ2) is 10.3. The molecule has 0 heterocycles. The number of carbonyl (C=O) groups is 2. The molecule has 6 heteroatoms. The smallest absolute Gasteiger partial charge is 0.331 e. The van der Waals surface area contributed by atoms with E-state index >= 15 is 0 Å². The predicted octanol–water partition coefficient (Wildman–Crippen LogP) is 3.95. The summed E-state index contributed by atoms with van der Waals surface area (Å²) in [5, 5.41) is 20.2. The van der Waals surface area contributed by atoms with Crippen LogP contribution >= 0.6 is 0 Å². The lowest BCUT2D eigenvalue weighted by Gasteiger charge is -2.59. The molecule has 0 aliphatic heterocycles. The van der Waals surface area contributed by atoms with Crippen molar-refractivity contribution >= 4 is 11.9 Å². The molecule has 2 N–H and O–H groups in total. The molecule has 0 spiro atoms. The fraction of sp³-hybridized carbons (Fsp3) is 0.760. The summed E-state index contributed by atoms with van der Waals surface area (Å²) in [4.78, 5) is 23.1. The molecular formula is C25H40O6. The Morgan fingerprint density at radius 1 is 1.32 bits per heavy atom. The number of allylic oxidation sites excluding steroid dienone is 3. The van der Waals surface area contributed by atoms with Crippen molar-refractivity contribution < 1.29 is 29.3 Å². The number of hydrogen-bond acceptors (Lipinski definition) is 6. The Balaban J connectivity index is 2.06.